The van der Waals surface area contributed by atoms with E-state index in [1.54, 1.807) is 0 Å². The fraction of sp³-hybridized carbons (Fsp3) is 0.182. The Balaban J connectivity index is 2.17. The molecule has 0 saturated carbocycles. The van der Waals surface area contributed by atoms with Crippen molar-refractivity contribution < 1.29 is 0 Å². The second-order valence-corrected chi connectivity index (χ2v) is 7.23. The Hall–Kier alpha value is -1.86. The first-order chi connectivity index (χ1) is 11.1. The molecule has 0 radical (unpaired) electrons. The van der Waals surface area contributed by atoms with Gasteiger partial charge in [0.25, 0.3) is 0 Å². The number of rotatable bonds is 4. The Morgan fingerprint density at radius 2 is 1.39 bits per heavy atom. The van der Waals surface area contributed by atoms with Gasteiger partial charge in [-0.05, 0) is 52.3 Å². The van der Waals surface area contributed by atoms with Crippen molar-refractivity contribution in [1.82, 2.24) is 0 Å². The molecule has 0 amide bonds. The SMILES string of the molecule is CC(C)Cc1cc(Br)ccc1-c1ccccc1-c1ccccc1. The molecule has 0 aliphatic heterocycles. The summed E-state index contributed by atoms with van der Waals surface area (Å²) < 4.78 is 1.15. The van der Waals surface area contributed by atoms with Gasteiger partial charge in [0.2, 0.25) is 0 Å². The predicted octanol–water partition coefficient (Wildman–Crippen LogP) is 6.98. The zero-order chi connectivity index (χ0) is 16.2. The maximum Gasteiger partial charge on any atom is 0.0178 e. The Kier molecular flexibility index (Phi) is 4.97. The van der Waals surface area contributed by atoms with Crippen LogP contribution in [0.2, 0.25) is 0 Å². The molecule has 0 N–H and O–H groups in total. The molecule has 23 heavy (non-hydrogen) atoms. The molecule has 3 aromatic rings. The molecule has 0 atom stereocenters. The summed E-state index contributed by atoms with van der Waals surface area (Å²) in [4.78, 5) is 0. The quantitative estimate of drug-likeness (QED) is 0.468. The largest absolute Gasteiger partial charge is 0.0625 e. The monoisotopic (exact) mass is 364 g/mol. The van der Waals surface area contributed by atoms with Gasteiger partial charge in [-0.25, -0.2) is 0 Å². The minimum atomic E-state index is 0.631. The van der Waals surface area contributed by atoms with Gasteiger partial charge in [0, 0.05) is 4.47 Å². The Bertz CT molecular complexity index is 788. The molecule has 0 aliphatic rings. The zero-order valence-electron chi connectivity index (χ0n) is 13.6. The number of benzene rings is 3. The van der Waals surface area contributed by atoms with Gasteiger partial charge in [-0.2, -0.15) is 0 Å². The smallest absolute Gasteiger partial charge is 0.0178 e. The van der Waals surface area contributed by atoms with Crippen molar-refractivity contribution >= 4 is 15.9 Å². The van der Waals surface area contributed by atoms with Gasteiger partial charge < -0.3 is 0 Å². The van der Waals surface area contributed by atoms with E-state index in [-0.39, 0.29) is 0 Å². The van der Waals surface area contributed by atoms with Gasteiger partial charge in [0.1, 0.15) is 0 Å². The molecule has 0 bridgehead atoms. The first-order valence-corrected chi connectivity index (χ1v) is 8.87. The normalized spacial score (nSPS) is 11.0. The van der Waals surface area contributed by atoms with Crippen molar-refractivity contribution in [3.63, 3.8) is 0 Å². The van der Waals surface area contributed by atoms with Gasteiger partial charge in [0.15, 0.2) is 0 Å². The van der Waals surface area contributed by atoms with Crippen LogP contribution in [-0.2, 0) is 6.42 Å². The molecule has 0 fully saturated rings. The molecule has 3 aromatic carbocycles. The van der Waals surface area contributed by atoms with E-state index in [0.717, 1.165) is 10.9 Å². The molecule has 0 nitrogen and oxygen atoms in total. The fourth-order valence-electron chi connectivity index (χ4n) is 3.02. The van der Waals surface area contributed by atoms with Crippen LogP contribution in [0.25, 0.3) is 22.3 Å². The molecule has 0 aliphatic carbocycles. The molecule has 0 aromatic heterocycles. The van der Waals surface area contributed by atoms with E-state index in [0.29, 0.717) is 5.92 Å². The van der Waals surface area contributed by atoms with Gasteiger partial charge in [-0.3, -0.25) is 0 Å². The number of halogens is 1. The maximum atomic E-state index is 3.62. The lowest BCUT2D eigenvalue weighted by molar-refractivity contribution is 0.648. The Morgan fingerprint density at radius 3 is 2.09 bits per heavy atom. The number of hydrogen-bond donors (Lipinski definition) is 0. The summed E-state index contributed by atoms with van der Waals surface area (Å²) in [6.07, 6.45) is 1.08. The van der Waals surface area contributed by atoms with Crippen LogP contribution in [-0.4, -0.2) is 0 Å². The summed E-state index contributed by atoms with van der Waals surface area (Å²) in [5.74, 6) is 0.631. The number of hydrogen-bond acceptors (Lipinski definition) is 0. The highest BCUT2D eigenvalue weighted by molar-refractivity contribution is 9.10. The van der Waals surface area contributed by atoms with Crippen LogP contribution in [0, 0.1) is 5.92 Å². The molecule has 0 unspecified atom stereocenters. The highest BCUT2D eigenvalue weighted by atomic mass is 79.9. The molecule has 0 spiro atoms. The highest BCUT2D eigenvalue weighted by Gasteiger charge is 2.12. The van der Waals surface area contributed by atoms with Gasteiger partial charge >= 0.3 is 0 Å². The second-order valence-electron chi connectivity index (χ2n) is 6.31. The van der Waals surface area contributed by atoms with Crippen LogP contribution in [0.3, 0.4) is 0 Å². The van der Waals surface area contributed by atoms with E-state index in [1.165, 1.54) is 27.8 Å². The van der Waals surface area contributed by atoms with Gasteiger partial charge in [-0.15, -0.1) is 0 Å². The van der Waals surface area contributed by atoms with Crippen molar-refractivity contribution in [3.05, 3.63) is 82.8 Å². The lowest BCUT2D eigenvalue weighted by Crippen LogP contribution is -1.98. The van der Waals surface area contributed by atoms with Crippen LogP contribution in [0.5, 0.6) is 0 Å². The van der Waals surface area contributed by atoms with E-state index >= 15 is 0 Å². The fourth-order valence-corrected chi connectivity index (χ4v) is 3.43. The first kappa shape index (κ1) is 16.0. The highest BCUT2D eigenvalue weighted by Crippen LogP contribution is 2.35. The van der Waals surface area contributed by atoms with Crippen LogP contribution >= 0.6 is 15.9 Å². The first-order valence-electron chi connectivity index (χ1n) is 8.08. The van der Waals surface area contributed by atoms with Crippen molar-refractivity contribution in [3.8, 4) is 22.3 Å². The lowest BCUT2D eigenvalue weighted by atomic mass is 9.89. The van der Waals surface area contributed by atoms with E-state index in [4.69, 9.17) is 0 Å². The summed E-state index contributed by atoms with van der Waals surface area (Å²) in [7, 11) is 0. The summed E-state index contributed by atoms with van der Waals surface area (Å²) >= 11 is 3.62. The third-order valence-electron chi connectivity index (χ3n) is 4.00. The summed E-state index contributed by atoms with van der Waals surface area (Å²) in [6, 6.07) is 26.0. The average Bonchev–Trinajstić information content (AvgIpc) is 2.55. The summed E-state index contributed by atoms with van der Waals surface area (Å²) in [5.41, 5.74) is 6.60. The molecular formula is C22H21Br. The zero-order valence-corrected chi connectivity index (χ0v) is 15.2. The summed E-state index contributed by atoms with van der Waals surface area (Å²) in [5, 5.41) is 0. The molecular weight excluding hydrogens is 344 g/mol. The van der Waals surface area contributed by atoms with E-state index in [1.807, 2.05) is 0 Å². The second kappa shape index (κ2) is 7.14. The van der Waals surface area contributed by atoms with Crippen molar-refractivity contribution in [2.75, 3.05) is 0 Å². The predicted molar refractivity (Wildman–Crippen MR) is 104 cm³/mol. The van der Waals surface area contributed by atoms with Crippen molar-refractivity contribution in [2.45, 2.75) is 20.3 Å². The van der Waals surface area contributed by atoms with Crippen molar-refractivity contribution in [1.29, 1.82) is 0 Å². The Labute approximate surface area is 147 Å². The average molecular weight is 365 g/mol. The molecule has 1 heteroatoms. The van der Waals surface area contributed by atoms with E-state index < -0.39 is 0 Å². The minimum Gasteiger partial charge on any atom is -0.0625 e. The van der Waals surface area contributed by atoms with Crippen LogP contribution < -0.4 is 0 Å². The molecule has 3 rings (SSSR count). The van der Waals surface area contributed by atoms with E-state index in [2.05, 4.69) is 103 Å². The standard InChI is InChI=1S/C22H21Br/c1-16(2)14-18-15-19(23)12-13-21(18)22-11-7-6-10-20(22)17-8-4-3-5-9-17/h3-13,15-16H,14H2,1-2H3. The van der Waals surface area contributed by atoms with E-state index in [9.17, 15) is 0 Å². The molecule has 0 heterocycles. The van der Waals surface area contributed by atoms with Crippen molar-refractivity contribution in [2.24, 2.45) is 5.92 Å². The van der Waals surface area contributed by atoms with Crippen LogP contribution in [0.1, 0.15) is 19.4 Å². The van der Waals surface area contributed by atoms with Gasteiger partial charge in [-0.1, -0.05) is 90.4 Å². The molecule has 116 valence electrons. The lowest BCUT2D eigenvalue weighted by Gasteiger charge is -2.16. The topological polar surface area (TPSA) is 0 Å². The third kappa shape index (κ3) is 3.73. The summed E-state index contributed by atoms with van der Waals surface area (Å²) in [6.45, 7) is 4.54. The molecule has 0 saturated heterocycles. The third-order valence-corrected chi connectivity index (χ3v) is 4.49. The maximum absolute atomic E-state index is 3.62. The van der Waals surface area contributed by atoms with Crippen LogP contribution in [0.15, 0.2) is 77.3 Å². The Morgan fingerprint density at radius 1 is 0.739 bits per heavy atom. The van der Waals surface area contributed by atoms with Gasteiger partial charge in [0.05, 0.1) is 0 Å². The van der Waals surface area contributed by atoms with Crippen LogP contribution in [0.4, 0.5) is 0 Å². The minimum absolute atomic E-state index is 0.631.